The van der Waals surface area contributed by atoms with Crippen LogP contribution in [0.3, 0.4) is 0 Å². The van der Waals surface area contributed by atoms with Gasteiger partial charge in [-0.3, -0.25) is 0 Å². The topological polar surface area (TPSA) is 72.2 Å². The van der Waals surface area contributed by atoms with Gasteiger partial charge in [0.2, 0.25) is 12.0 Å². The zero-order chi connectivity index (χ0) is 23.2. The predicted octanol–water partition coefficient (Wildman–Crippen LogP) is 7.02. The number of rotatable bonds is 8. The van der Waals surface area contributed by atoms with Crippen LogP contribution in [0.25, 0.3) is 21.0 Å². The summed E-state index contributed by atoms with van der Waals surface area (Å²) < 4.78 is 12.3. The van der Waals surface area contributed by atoms with Crippen molar-refractivity contribution >= 4 is 44.6 Å². The van der Waals surface area contributed by atoms with Crippen LogP contribution in [-0.2, 0) is 9.53 Å². The molecule has 3 aromatic heterocycles. The summed E-state index contributed by atoms with van der Waals surface area (Å²) in [6.07, 6.45) is 0.384. The minimum absolute atomic E-state index is 0.0451. The molecule has 0 radical (unpaired) electrons. The highest BCUT2D eigenvalue weighted by molar-refractivity contribution is 9.10. The summed E-state index contributed by atoms with van der Waals surface area (Å²) in [5, 5.41) is 13.9. The van der Waals surface area contributed by atoms with E-state index in [2.05, 4.69) is 33.6 Å². The number of nitriles is 1. The number of hydrogen-bond donors (Lipinski definition) is 0. The van der Waals surface area contributed by atoms with E-state index < -0.39 is 12.1 Å². The van der Waals surface area contributed by atoms with Crippen molar-refractivity contribution in [1.82, 2.24) is 4.98 Å². The molecule has 0 amide bonds. The third-order valence-corrected chi connectivity index (χ3v) is 6.94. The second kappa shape index (κ2) is 10.6. The number of hydrogen-bond acceptors (Lipinski definition) is 7. The lowest BCUT2D eigenvalue weighted by atomic mass is 10.1. The van der Waals surface area contributed by atoms with E-state index in [1.807, 2.05) is 53.2 Å². The number of carbonyl (C=O) groups is 1. The minimum atomic E-state index is -1.10. The van der Waals surface area contributed by atoms with Gasteiger partial charge in [-0.2, -0.15) is 5.26 Å². The number of halogens is 1. The lowest BCUT2D eigenvalue weighted by Gasteiger charge is -2.19. The summed E-state index contributed by atoms with van der Waals surface area (Å²) in [4.78, 5) is 19.4. The number of nitrogens with zero attached hydrogens (tertiary/aromatic N) is 2. The van der Waals surface area contributed by atoms with Crippen LogP contribution in [0, 0.1) is 11.3 Å². The molecular formula is C25H17BrN2O3S2. The zero-order valence-corrected chi connectivity index (χ0v) is 20.5. The first-order valence-corrected chi connectivity index (χ1v) is 12.4. The maximum absolute atomic E-state index is 12.9. The van der Waals surface area contributed by atoms with Gasteiger partial charge in [-0.1, -0.05) is 52.9 Å². The van der Waals surface area contributed by atoms with Crippen molar-refractivity contribution in [3.8, 4) is 33.0 Å². The number of pyridine rings is 1. The first-order chi connectivity index (χ1) is 16.1. The number of ether oxygens (including phenoxy) is 2. The van der Waals surface area contributed by atoms with Crippen molar-refractivity contribution in [1.29, 1.82) is 5.26 Å². The lowest BCUT2D eigenvalue weighted by molar-refractivity contribution is -0.151. The average Bonchev–Trinajstić information content (AvgIpc) is 3.56. The van der Waals surface area contributed by atoms with Gasteiger partial charge >= 0.3 is 5.97 Å². The van der Waals surface area contributed by atoms with Crippen LogP contribution < -0.4 is 4.74 Å². The Bertz CT molecular complexity index is 1290. The Kier molecular flexibility index (Phi) is 7.35. The van der Waals surface area contributed by atoms with Crippen molar-refractivity contribution in [2.45, 2.75) is 6.10 Å². The summed E-state index contributed by atoms with van der Waals surface area (Å²) in [6.45, 7) is 3.64. The van der Waals surface area contributed by atoms with Crippen LogP contribution in [0.15, 0.2) is 82.5 Å². The maximum Gasteiger partial charge on any atom is 0.352 e. The van der Waals surface area contributed by atoms with Crippen molar-refractivity contribution < 1.29 is 14.3 Å². The van der Waals surface area contributed by atoms with Gasteiger partial charge in [0.05, 0.1) is 10.6 Å². The van der Waals surface area contributed by atoms with Gasteiger partial charge in [0, 0.05) is 20.5 Å². The van der Waals surface area contributed by atoms with E-state index in [1.54, 1.807) is 12.1 Å². The van der Waals surface area contributed by atoms with E-state index in [0.29, 0.717) is 16.8 Å². The van der Waals surface area contributed by atoms with Crippen molar-refractivity contribution in [3.63, 3.8) is 0 Å². The third kappa shape index (κ3) is 5.22. The highest BCUT2D eigenvalue weighted by Gasteiger charge is 2.28. The summed E-state index contributed by atoms with van der Waals surface area (Å²) in [6, 6.07) is 19.0. The van der Waals surface area contributed by atoms with Gasteiger partial charge in [-0.05, 0) is 41.1 Å². The lowest BCUT2D eigenvalue weighted by Crippen LogP contribution is -2.22. The Morgan fingerprint density at radius 1 is 1.15 bits per heavy atom. The molecule has 0 saturated carbocycles. The first kappa shape index (κ1) is 22.9. The van der Waals surface area contributed by atoms with Gasteiger partial charge in [0.25, 0.3) is 0 Å². The normalized spacial score (nSPS) is 11.4. The highest BCUT2D eigenvalue weighted by Crippen LogP contribution is 2.38. The molecule has 0 aliphatic carbocycles. The van der Waals surface area contributed by atoms with Gasteiger partial charge < -0.3 is 9.47 Å². The van der Waals surface area contributed by atoms with Gasteiger partial charge in [-0.25, -0.2) is 9.78 Å². The molecule has 0 spiro atoms. The summed E-state index contributed by atoms with van der Waals surface area (Å²) in [5.74, 6) is -0.516. The molecule has 0 aliphatic heterocycles. The summed E-state index contributed by atoms with van der Waals surface area (Å²) in [7, 11) is 0. The van der Waals surface area contributed by atoms with Crippen LogP contribution in [0.1, 0.15) is 17.2 Å². The highest BCUT2D eigenvalue weighted by atomic mass is 79.9. The monoisotopic (exact) mass is 536 g/mol. The van der Waals surface area contributed by atoms with Gasteiger partial charge in [0.15, 0.2) is 0 Å². The van der Waals surface area contributed by atoms with Crippen LogP contribution in [0.4, 0.5) is 0 Å². The van der Waals surface area contributed by atoms with E-state index in [-0.39, 0.29) is 18.1 Å². The Balaban J connectivity index is 1.84. The molecule has 0 bridgehead atoms. The molecule has 5 nitrogen and oxygen atoms in total. The van der Waals surface area contributed by atoms with E-state index >= 15 is 0 Å². The number of carbonyl (C=O) groups excluding carboxylic acids is 1. The van der Waals surface area contributed by atoms with Crippen molar-refractivity contribution in [2.24, 2.45) is 0 Å². The number of esters is 1. The largest absolute Gasteiger partial charge is 0.458 e. The fourth-order valence-electron chi connectivity index (χ4n) is 3.11. The SMILES string of the molecule is C=CCOC(=O)C(Oc1nc(-c2cccs2)cc(-c2cccs2)c1C#N)c1ccc(Br)cc1. The Labute approximate surface area is 207 Å². The van der Waals surface area contributed by atoms with E-state index in [0.717, 1.165) is 14.2 Å². The molecule has 1 aromatic carbocycles. The molecular weight excluding hydrogens is 520 g/mol. The molecule has 164 valence electrons. The predicted molar refractivity (Wildman–Crippen MR) is 134 cm³/mol. The molecule has 1 atom stereocenters. The quantitative estimate of drug-likeness (QED) is 0.178. The number of thiophene rings is 2. The smallest absolute Gasteiger partial charge is 0.352 e. The third-order valence-electron chi connectivity index (χ3n) is 4.62. The van der Waals surface area contributed by atoms with Gasteiger partial charge in [-0.15, -0.1) is 22.7 Å². The number of benzene rings is 1. The Morgan fingerprint density at radius 2 is 1.85 bits per heavy atom. The van der Waals surface area contributed by atoms with Crippen molar-refractivity contribution in [3.05, 3.63) is 93.6 Å². The molecule has 4 aromatic rings. The molecule has 4 rings (SSSR count). The molecule has 0 aliphatic rings. The zero-order valence-electron chi connectivity index (χ0n) is 17.2. The van der Waals surface area contributed by atoms with E-state index in [4.69, 9.17) is 9.47 Å². The van der Waals surface area contributed by atoms with Crippen LogP contribution in [0.5, 0.6) is 5.88 Å². The molecule has 8 heteroatoms. The second-order valence-electron chi connectivity index (χ2n) is 6.77. The molecule has 33 heavy (non-hydrogen) atoms. The van der Waals surface area contributed by atoms with E-state index in [1.165, 1.54) is 28.7 Å². The fraction of sp³-hybridized carbons (Fsp3) is 0.0800. The second-order valence-corrected chi connectivity index (χ2v) is 9.58. The van der Waals surface area contributed by atoms with Crippen LogP contribution in [0.2, 0.25) is 0 Å². The van der Waals surface area contributed by atoms with Crippen LogP contribution in [-0.4, -0.2) is 17.6 Å². The molecule has 0 fully saturated rings. The van der Waals surface area contributed by atoms with Crippen LogP contribution >= 0.6 is 38.6 Å². The minimum Gasteiger partial charge on any atom is -0.458 e. The standard InChI is InChI=1S/C25H17BrN2O3S2/c1-2-11-30-25(29)23(16-7-9-17(26)10-8-16)31-24-19(15-27)18(21-5-3-12-32-21)14-20(28-24)22-6-4-13-33-22/h2-10,12-14,23H,1,11H2. The average molecular weight is 537 g/mol. The maximum atomic E-state index is 12.9. The fourth-order valence-corrected chi connectivity index (χ4v) is 4.81. The summed E-state index contributed by atoms with van der Waals surface area (Å²) >= 11 is 6.45. The first-order valence-electron chi connectivity index (χ1n) is 9.83. The molecule has 0 saturated heterocycles. The Morgan fingerprint density at radius 3 is 2.45 bits per heavy atom. The number of aromatic nitrogens is 1. The van der Waals surface area contributed by atoms with Gasteiger partial charge in [0.1, 0.15) is 18.2 Å². The molecule has 0 N–H and O–H groups in total. The Hall–Kier alpha value is -3.25. The molecule has 3 heterocycles. The molecule has 1 unspecified atom stereocenters. The van der Waals surface area contributed by atoms with Crippen molar-refractivity contribution in [2.75, 3.05) is 6.61 Å². The summed E-state index contributed by atoms with van der Waals surface area (Å²) in [5.41, 5.74) is 2.21. The van der Waals surface area contributed by atoms with E-state index in [9.17, 15) is 10.1 Å².